The van der Waals surface area contributed by atoms with Gasteiger partial charge in [0.2, 0.25) is 10.8 Å². The molecule has 2 N–H and O–H groups in total. The van der Waals surface area contributed by atoms with Gasteiger partial charge in [-0.3, -0.25) is 9.78 Å². The molecule has 2 aliphatic rings. The summed E-state index contributed by atoms with van der Waals surface area (Å²) >= 11 is 0. The van der Waals surface area contributed by atoms with Crippen molar-refractivity contribution in [3.63, 3.8) is 0 Å². The van der Waals surface area contributed by atoms with E-state index in [-0.39, 0.29) is 23.8 Å². The van der Waals surface area contributed by atoms with Crippen LogP contribution in [0.3, 0.4) is 0 Å². The molecule has 4 rings (SSSR count). The zero-order chi connectivity index (χ0) is 18.9. The van der Waals surface area contributed by atoms with Crippen LogP contribution in [0.1, 0.15) is 18.5 Å². The minimum absolute atomic E-state index is 0.0112. The third kappa shape index (κ3) is 3.71. The highest BCUT2D eigenvalue weighted by atomic mass is 32.3. The molecular formula is C18H21N5O3S. The van der Waals surface area contributed by atoms with Crippen LogP contribution in [0.5, 0.6) is 0 Å². The fourth-order valence-corrected chi connectivity index (χ4v) is 4.91. The first-order chi connectivity index (χ1) is 13.0. The van der Waals surface area contributed by atoms with E-state index in [1.54, 1.807) is 23.4 Å². The van der Waals surface area contributed by atoms with Crippen LogP contribution >= 0.6 is 0 Å². The van der Waals surface area contributed by atoms with Gasteiger partial charge >= 0.3 is 0 Å². The standard InChI is InChI=1S/C18H21N5O3S/c24-16(11-14-5-1-2-8-19-14)23-10-4-7-18(13-23)12-21-27(25,26)15-6-3-9-20-17(15)22-18/h1-3,5-6,8-9H,4,7,10-13H2,(H2-,20,21,22,25,26). The summed E-state index contributed by atoms with van der Waals surface area (Å²) in [6.07, 6.45) is 5.00. The third-order valence-electron chi connectivity index (χ3n) is 5.03. The summed E-state index contributed by atoms with van der Waals surface area (Å²) in [5.74, 6) is 0.324. The van der Waals surface area contributed by atoms with Crippen LogP contribution in [0.25, 0.3) is 0 Å². The lowest BCUT2D eigenvalue weighted by Gasteiger charge is -2.42. The molecule has 1 spiro atoms. The molecule has 27 heavy (non-hydrogen) atoms. The summed E-state index contributed by atoms with van der Waals surface area (Å²) in [4.78, 5) is 23.1. The molecule has 0 aliphatic carbocycles. The largest absolute Gasteiger partial charge is 0.593 e. The Bertz CT molecular complexity index is 894. The summed E-state index contributed by atoms with van der Waals surface area (Å²) in [6, 6.07) is 8.63. The smallest absolute Gasteiger partial charge is 0.228 e. The van der Waals surface area contributed by atoms with E-state index in [1.165, 1.54) is 6.07 Å². The number of carbonyl (C=O) groups is 1. The Morgan fingerprint density at radius 1 is 1.26 bits per heavy atom. The first-order valence-corrected chi connectivity index (χ1v) is 10.4. The van der Waals surface area contributed by atoms with Crippen molar-refractivity contribution in [2.75, 3.05) is 25.0 Å². The zero-order valence-electron chi connectivity index (χ0n) is 14.8. The molecule has 1 amide bonds. The number of pyridine rings is 2. The molecule has 0 aromatic carbocycles. The lowest BCUT2D eigenvalue weighted by Crippen LogP contribution is -2.59. The molecule has 2 aliphatic heterocycles. The highest BCUT2D eigenvalue weighted by Crippen LogP contribution is 2.32. The monoisotopic (exact) mass is 387 g/mol. The van der Waals surface area contributed by atoms with Crippen molar-refractivity contribution in [2.45, 2.75) is 29.7 Å². The Morgan fingerprint density at radius 2 is 2.11 bits per heavy atom. The van der Waals surface area contributed by atoms with Gasteiger partial charge in [0.05, 0.1) is 18.5 Å². The number of nitrogens with zero attached hydrogens (tertiary/aromatic N) is 3. The van der Waals surface area contributed by atoms with Crippen LogP contribution in [-0.4, -0.2) is 50.5 Å². The second kappa shape index (κ2) is 6.99. The summed E-state index contributed by atoms with van der Waals surface area (Å²) in [7, 11) is -3.63. The van der Waals surface area contributed by atoms with Gasteiger partial charge in [0.25, 0.3) is 0 Å². The molecule has 1 saturated heterocycles. The zero-order valence-corrected chi connectivity index (χ0v) is 15.6. The average molecular weight is 387 g/mol. The van der Waals surface area contributed by atoms with Crippen molar-refractivity contribution in [3.8, 4) is 0 Å². The maximum absolute atomic E-state index is 12.8. The minimum atomic E-state index is -3.63. The van der Waals surface area contributed by atoms with Crippen molar-refractivity contribution < 1.29 is 13.6 Å². The Kier molecular flexibility index (Phi) is 4.67. The van der Waals surface area contributed by atoms with Gasteiger partial charge < -0.3 is 14.8 Å². The minimum Gasteiger partial charge on any atom is -0.593 e. The number of hydrogen-bond donors (Lipinski definition) is 2. The maximum atomic E-state index is 12.8. The molecule has 2 unspecified atom stereocenters. The van der Waals surface area contributed by atoms with Gasteiger partial charge in [-0.2, -0.15) is 0 Å². The molecule has 0 saturated carbocycles. The Balaban J connectivity index is 1.55. The Hall–Kier alpha value is -2.36. The molecule has 9 heteroatoms. The van der Waals surface area contributed by atoms with Crippen molar-refractivity contribution >= 4 is 22.1 Å². The Morgan fingerprint density at radius 3 is 2.93 bits per heavy atom. The predicted molar refractivity (Wildman–Crippen MR) is 99.4 cm³/mol. The van der Waals surface area contributed by atoms with Gasteiger partial charge in [-0.25, -0.2) is 4.98 Å². The molecule has 2 aromatic rings. The van der Waals surface area contributed by atoms with Crippen LogP contribution in [-0.2, 0) is 25.8 Å². The topological polar surface area (TPSA) is 110 Å². The van der Waals surface area contributed by atoms with Gasteiger partial charge in [-0.1, -0.05) is 10.3 Å². The van der Waals surface area contributed by atoms with Crippen LogP contribution < -0.4 is 10.0 Å². The summed E-state index contributed by atoms with van der Waals surface area (Å²) in [6.45, 7) is 1.27. The normalized spacial score (nSPS) is 27.5. The van der Waals surface area contributed by atoms with E-state index in [4.69, 9.17) is 0 Å². The number of rotatable bonds is 2. The van der Waals surface area contributed by atoms with E-state index in [2.05, 4.69) is 20.0 Å². The van der Waals surface area contributed by atoms with Gasteiger partial charge in [0, 0.05) is 37.2 Å². The second-order valence-corrected chi connectivity index (χ2v) is 8.73. The third-order valence-corrected chi connectivity index (χ3v) is 6.47. The number of carbonyl (C=O) groups excluding carboxylic acids is 1. The fraction of sp³-hybridized carbons (Fsp3) is 0.389. The Labute approximate surface area is 158 Å². The molecule has 8 nitrogen and oxygen atoms in total. The van der Waals surface area contributed by atoms with Crippen molar-refractivity contribution in [2.24, 2.45) is 0 Å². The molecular weight excluding hydrogens is 366 g/mol. The second-order valence-electron chi connectivity index (χ2n) is 7.00. The van der Waals surface area contributed by atoms with Gasteiger partial charge in [0.15, 0.2) is 16.2 Å². The molecule has 0 radical (unpaired) electrons. The number of amides is 1. The SMILES string of the molecule is O=C(Cc1ccccn1)N1CCCC2(CN[S+](=O)([O-])c3cccnc3N2)C1. The van der Waals surface area contributed by atoms with Crippen LogP contribution in [0, 0.1) is 0 Å². The lowest BCUT2D eigenvalue weighted by atomic mass is 9.88. The number of likely N-dealkylation sites (tertiary alicyclic amines) is 1. The molecule has 4 heterocycles. The predicted octanol–water partition coefficient (Wildman–Crippen LogP) is 0.999. The highest BCUT2D eigenvalue weighted by molar-refractivity contribution is 7.96. The summed E-state index contributed by atoms with van der Waals surface area (Å²) in [5.41, 5.74) is 0.147. The number of piperidine rings is 1. The number of nitrogens with one attached hydrogen (secondary N) is 2. The lowest BCUT2D eigenvalue weighted by molar-refractivity contribution is -0.132. The van der Waals surface area contributed by atoms with E-state index < -0.39 is 15.9 Å². The fourth-order valence-electron chi connectivity index (χ4n) is 3.67. The maximum Gasteiger partial charge on any atom is 0.228 e. The van der Waals surface area contributed by atoms with E-state index >= 15 is 0 Å². The summed E-state index contributed by atoms with van der Waals surface area (Å²) in [5, 5.41) is 3.32. The van der Waals surface area contributed by atoms with E-state index in [9.17, 15) is 13.6 Å². The molecule has 2 aromatic heterocycles. The van der Waals surface area contributed by atoms with Gasteiger partial charge in [-0.05, 0) is 31.0 Å². The average Bonchev–Trinajstić information content (AvgIpc) is 2.78. The first kappa shape index (κ1) is 18.0. The number of aromatic nitrogens is 2. The number of hydrogen-bond acceptors (Lipinski definition) is 6. The molecule has 142 valence electrons. The van der Waals surface area contributed by atoms with Crippen molar-refractivity contribution in [3.05, 3.63) is 48.4 Å². The van der Waals surface area contributed by atoms with E-state index in [0.29, 0.717) is 18.9 Å². The highest BCUT2D eigenvalue weighted by Gasteiger charge is 2.43. The van der Waals surface area contributed by atoms with Gasteiger partial charge in [-0.15, -0.1) is 4.72 Å². The van der Waals surface area contributed by atoms with Crippen LogP contribution in [0.15, 0.2) is 47.6 Å². The van der Waals surface area contributed by atoms with Crippen LogP contribution in [0.4, 0.5) is 5.82 Å². The number of sulfonamides is 1. The molecule has 0 bridgehead atoms. The first-order valence-electron chi connectivity index (χ1n) is 8.88. The van der Waals surface area contributed by atoms with E-state index in [1.807, 2.05) is 18.2 Å². The van der Waals surface area contributed by atoms with Gasteiger partial charge in [0.1, 0.15) is 0 Å². The quantitative estimate of drug-likeness (QED) is 0.744. The number of fused-ring (bicyclic) bond motifs is 1. The van der Waals surface area contributed by atoms with Crippen LogP contribution in [0.2, 0.25) is 0 Å². The molecule has 1 fully saturated rings. The van der Waals surface area contributed by atoms with Crippen molar-refractivity contribution in [1.82, 2.24) is 19.6 Å². The molecule has 2 atom stereocenters. The number of anilines is 1. The van der Waals surface area contributed by atoms with E-state index in [0.717, 1.165) is 18.5 Å². The van der Waals surface area contributed by atoms with Crippen molar-refractivity contribution in [1.29, 1.82) is 0 Å². The summed E-state index contributed by atoms with van der Waals surface area (Å²) < 4.78 is 27.7.